The molecule has 1 heterocycles. The molecule has 0 saturated heterocycles. The van der Waals surface area contributed by atoms with Gasteiger partial charge < -0.3 is 14.4 Å². The zero-order valence-electron chi connectivity index (χ0n) is 14.2. The Morgan fingerprint density at radius 1 is 1.19 bits per heavy atom. The maximum atomic E-state index is 13.0. The van der Waals surface area contributed by atoms with Gasteiger partial charge in [0, 0.05) is 12.7 Å². The average molecular weight is 488 g/mol. The van der Waals surface area contributed by atoms with Gasteiger partial charge in [-0.05, 0) is 58.0 Å². The molecule has 3 rings (SSSR count). The molecule has 1 N–H and O–H groups in total. The van der Waals surface area contributed by atoms with Crippen molar-refractivity contribution in [2.45, 2.75) is 18.8 Å². The summed E-state index contributed by atoms with van der Waals surface area (Å²) in [6.45, 7) is 0.422. The highest BCUT2D eigenvalue weighted by Gasteiger charge is 2.31. The molecular weight excluding hydrogens is 472 g/mol. The molecule has 0 amide bonds. The van der Waals surface area contributed by atoms with Gasteiger partial charge in [0.15, 0.2) is 0 Å². The predicted molar refractivity (Wildman–Crippen MR) is 103 cm³/mol. The van der Waals surface area contributed by atoms with Crippen LogP contribution in [0, 0.1) is 3.70 Å². The largest absolute Gasteiger partial charge is 0.497 e. The Balaban J connectivity index is 1.90. The predicted octanol–water partition coefficient (Wildman–Crippen LogP) is 4.65. The summed E-state index contributed by atoms with van der Waals surface area (Å²) in [5.41, 5.74) is 0.284. The smallest absolute Gasteiger partial charge is 0.416 e. The van der Waals surface area contributed by atoms with E-state index in [4.69, 9.17) is 4.74 Å². The molecule has 3 aromatic rings. The van der Waals surface area contributed by atoms with Crippen LogP contribution >= 0.6 is 22.6 Å². The van der Waals surface area contributed by atoms with E-state index >= 15 is 0 Å². The number of aliphatic hydroxyl groups is 1. The van der Waals surface area contributed by atoms with Crippen LogP contribution in [0.3, 0.4) is 0 Å². The first-order valence-corrected chi connectivity index (χ1v) is 9.06. The first kappa shape index (κ1) is 19.7. The van der Waals surface area contributed by atoms with Crippen LogP contribution in [0.25, 0.3) is 0 Å². The molecule has 0 fully saturated rings. The van der Waals surface area contributed by atoms with E-state index in [-0.39, 0.29) is 11.4 Å². The van der Waals surface area contributed by atoms with E-state index in [1.54, 1.807) is 17.9 Å². The minimum Gasteiger partial charge on any atom is -0.497 e. The van der Waals surface area contributed by atoms with E-state index in [2.05, 4.69) is 4.98 Å². The van der Waals surface area contributed by atoms with Crippen molar-refractivity contribution in [3.05, 3.63) is 80.9 Å². The third-order valence-electron chi connectivity index (χ3n) is 4.06. The number of hydrogen-bond donors (Lipinski definition) is 1. The van der Waals surface area contributed by atoms with Crippen LogP contribution in [-0.2, 0) is 12.7 Å². The quantitative estimate of drug-likeness (QED) is 0.533. The number of rotatable bonds is 5. The summed E-state index contributed by atoms with van der Waals surface area (Å²) in [6, 6.07) is 12.1. The molecular formula is C19H16F3IN2O2. The lowest BCUT2D eigenvalue weighted by Gasteiger charge is -2.15. The zero-order chi connectivity index (χ0) is 19.6. The number of halogens is 4. The molecule has 1 aromatic heterocycles. The second-order valence-electron chi connectivity index (χ2n) is 5.92. The van der Waals surface area contributed by atoms with Crippen LogP contribution in [0.5, 0.6) is 5.75 Å². The van der Waals surface area contributed by atoms with Gasteiger partial charge >= 0.3 is 6.18 Å². The molecule has 8 heteroatoms. The molecule has 0 radical (unpaired) electrons. The molecule has 27 heavy (non-hydrogen) atoms. The minimum atomic E-state index is -4.47. The van der Waals surface area contributed by atoms with Gasteiger partial charge in [0.1, 0.15) is 21.4 Å². The van der Waals surface area contributed by atoms with Crippen LogP contribution in [0.1, 0.15) is 28.6 Å². The van der Waals surface area contributed by atoms with Gasteiger partial charge in [-0.25, -0.2) is 4.98 Å². The Hall–Kier alpha value is -2.07. The van der Waals surface area contributed by atoms with Crippen molar-refractivity contribution < 1.29 is 23.0 Å². The Kier molecular flexibility index (Phi) is 5.75. The third-order valence-corrected chi connectivity index (χ3v) is 4.58. The number of imidazole rings is 1. The fraction of sp³-hybridized carbons (Fsp3) is 0.211. The maximum Gasteiger partial charge on any atom is 0.416 e. The fourth-order valence-corrected chi connectivity index (χ4v) is 3.29. The molecule has 1 unspecified atom stereocenters. The van der Waals surface area contributed by atoms with Crippen molar-refractivity contribution in [2.75, 3.05) is 7.11 Å². The van der Waals surface area contributed by atoms with E-state index in [0.29, 0.717) is 10.2 Å². The number of hydrogen-bond acceptors (Lipinski definition) is 3. The van der Waals surface area contributed by atoms with Gasteiger partial charge in [-0.2, -0.15) is 13.2 Å². The second kappa shape index (κ2) is 7.89. The van der Waals surface area contributed by atoms with Gasteiger partial charge in [-0.1, -0.05) is 24.3 Å². The number of benzene rings is 2. The van der Waals surface area contributed by atoms with Crippen LogP contribution in [0.2, 0.25) is 0 Å². The molecule has 0 saturated carbocycles. The van der Waals surface area contributed by atoms with Crippen molar-refractivity contribution in [3.63, 3.8) is 0 Å². The van der Waals surface area contributed by atoms with Crippen LogP contribution in [0.4, 0.5) is 13.2 Å². The molecule has 142 valence electrons. The fourth-order valence-electron chi connectivity index (χ4n) is 2.70. The van der Waals surface area contributed by atoms with Gasteiger partial charge in [0.05, 0.1) is 12.7 Å². The second-order valence-corrected chi connectivity index (χ2v) is 7.03. The summed E-state index contributed by atoms with van der Waals surface area (Å²) in [5.74, 6) is 1.01. The third kappa shape index (κ3) is 4.62. The molecule has 0 aliphatic carbocycles. The summed E-state index contributed by atoms with van der Waals surface area (Å²) in [4.78, 5) is 4.30. The number of nitrogens with zero attached hydrogens (tertiary/aromatic N) is 2. The lowest BCUT2D eigenvalue weighted by Crippen LogP contribution is -2.12. The number of aromatic nitrogens is 2. The molecule has 0 spiro atoms. The molecule has 0 bridgehead atoms. The maximum absolute atomic E-state index is 13.0. The molecule has 0 aliphatic rings. The monoisotopic (exact) mass is 488 g/mol. The van der Waals surface area contributed by atoms with E-state index < -0.39 is 17.8 Å². The Labute approximate surface area is 167 Å². The molecule has 1 atom stereocenters. The molecule has 4 nitrogen and oxygen atoms in total. The first-order chi connectivity index (χ1) is 12.8. The van der Waals surface area contributed by atoms with Crippen LogP contribution < -0.4 is 4.74 Å². The van der Waals surface area contributed by atoms with Crippen molar-refractivity contribution in [1.82, 2.24) is 9.55 Å². The lowest BCUT2D eigenvalue weighted by atomic mass is 10.0. The number of ether oxygens (including phenoxy) is 1. The normalized spacial score (nSPS) is 12.8. The van der Waals surface area contributed by atoms with Crippen molar-refractivity contribution in [3.8, 4) is 5.75 Å². The number of aliphatic hydroxyl groups excluding tert-OH is 1. The summed E-state index contributed by atoms with van der Waals surface area (Å²) < 4.78 is 46.4. The Bertz CT molecular complexity index is 923. The van der Waals surface area contributed by atoms with E-state index in [1.807, 2.05) is 46.9 Å². The number of alkyl halides is 3. The van der Waals surface area contributed by atoms with Crippen molar-refractivity contribution in [2.24, 2.45) is 0 Å². The van der Waals surface area contributed by atoms with E-state index in [0.717, 1.165) is 23.4 Å². The highest BCUT2D eigenvalue weighted by Crippen LogP contribution is 2.32. The highest BCUT2D eigenvalue weighted by molar-refractivity contribution is 14.1. The van der Waals surface area contributed by atoms with Gasteiger partial charge in [0.2, 0.25) is 0 Å². The van der Waals surface area contributed by atoms with Crippen molar-refractivity contribution >= 4 is 22.6 Å². The summed E-state index contributed by atoms with van der Waals surface area (Å²) in [7, 11) is 1.58. The summed E-state index contributed by atoms with van der Waals surface area (Å²) >= 11 is 2.01. The van der Waals surface area contributed by atoms with E-state index in [1.165, 1.54) is 12.1 Å². The van der Waals surface area contributed by atoms with Crippen LogP contribution in [-0.4, -0.2) is 21.8 Å². The SMILES string of the molecule is COc1ccc(Cn2cc(I)nc2C(O)c2cccc(C(F)(F)F)c2)cc1. The van der Waals surface area contributed by atoms with Gasteiger partial charge in [0.25, 0.3) is 0 Å². The number of methoxy groups -OCH3 is 1. The van der Waals surface area contributed by atoms with Gasteiger partial charge in [-0.15, -0.1) is 0 Å². The Morgan fingerprint density at radius 3 is 2.52 bits per heavy atom. The lowest BCUT2D eigenvalue weighted by molar-refractivity contribution is -0.137. The summed E-state index contributed by atoms with van der Waals surface area (Å²) in [5, 5.41) is 10.7. The van der Waals surface area contributed by atoms with Crippen molar-refractivity contribution in [1.29, 1.82) is 0 Å². The first-order valence-electron chi connectivity index (χ1n) is 7.98. The minimum absolute atomic E-state index is 0.141. The topological polar surface area (TPSA) is 47.3 Å². The van der Waals surface area contributed by atoms with Gasteiger partial charge in [-0.3, -0.25) is 0 Å². The highest BCUT2D eigenvalue weighted by atomic mass is 127. The van der Waals surface area contributed by atoms with Crippen LogP contribution in [0.15, 0.2) is 54.7 Å². The zero-order valence-corrected chi connectivity index (χ0v) is 16.4. The van der Waals surface area contributed by atoms with E-state index in [9.17, 15) is 18.3 Å². The molecule has 2 aromatic carbocycles. The average Bonchev–Trinajstić information content (AvgIpc) is 3.01. The standard InChI is InChI=1S/C19H16F3IN2O2/c1-27-15-7-5-12(6-8-15)10-25-11-16(23)24-18(25)17(26)13-3-2-4-14(9-13)19(20,21)22/h2-9,11,17,26H,10H2,1H3. The Morgan fingerprint density at radius 2 is 1.89 bits per heavy atom. The summed E-state index contributed by atoms with van der Waals surface area (Å²) in [6.07, 6.45) is -3.99. The molecule has 0 aliphatic heterocycles.